The largest absolute Gasteiger partial charge is 0.399 e. The average molecular weight is 293 g/mol. The maximum Gasteiger partial charge on any atom is 0.256 e. The fourth-order valence-electron chi connectivity index (χ4n) is 2.56. The van der Waals surface area contributed by atoms with Gasteiger partial charge >= 0.3 is 0 Å². The standard InChI is InChI=1S/C15H20FN3O2/c1-10-8-12(17)9-13(14(10)16)15(21)19-5-3-4-18(6-7-19)11(2)20/h8-9H,3-7,17H2,1-2H3. The van der Waals surface area contributed by atoms with Crippen molar-refractivity contribution in [1.29, 1.82) is 0 Å². The lowest BCUT2D eigenvalue weighted by atomic mass is 10.1. The van der Waals surface area contributed by atoms with Gasteiger partial charge in [-0.3, -0.25) is 9.59 Å². The van der Waals surface area contributed by atoms with E-state index in [1.807, 2.05) is 0 Å². The van der Waals surface area contributed by atoms with Crippen molar-refractivity contribution >= 4 is 17.5 Å². The second kappa shape index (κ2) is 6.11. The first-order valence-electron chi connectivity index (χ1n) is 7.00. The molecule has 1 aliphatic heterocycles. The maximum absolute atomic E-state index is 14.1. The number of hydrogen-bond donors (Lipinski definition) is 1. The molecule has 0 spiro atoms. The number of carbonyl (C=O) groups excluding carboxylic acids is 2. The lowest BCUT2D eigenvalue weighted by Crippen LogP contribution is -2.37. The fraction of sp³-hybridized carbons (Fsp3) is 0.467. The van der Waals surface area contributed by atoms with E-state index in [9.17, 15) is 14.0 Å². The van der Waals surface area contributed by atoms with Gasteiger partial charge in [0.1, 0.15) is 5.82 Å². The Morgan fingerprint density at radius 2 is 1.76 bits per heavy atom. The second-order valence-electron chi connectivity index (χ2n) is 5.35. The van der Waals surface area contributed by atoms with Gasteiger partial charge < -0.3 is 15.5 Å². The van der Waals surface area contributed by atoms with Crippen LogP contribution in [-0.2, 0) is 4.79 Å². The van der Waals surface area contributed by atoms with Crippen LogP contribution in [0.4, 0.5) is 10.1 Å². The smallest absolute Gasteiger partial charge is 0.256 e. The summed E-state index contributed by atoms with van der Waals surface area (Å²) < 4.78 is 14.1. The van der Waals surface area contributed by atoms with E-state index in [0.717, 1.165) is 0 Å². The Kier molecular flexibility index (Phi) is 4.45. The zero-order valence-electron chi connectivity index (χ0n) is 12.4. The molecule has 0 bridgehead atoms. The van der Waals surface area contributed by atoms with Crippen molar-refractivity contribution in [2.24, 2.45) is 0 Å². The number of aryl methyl sites for hydroxylation is 1. The normalized spacial score (nSPS) is 15.8. The minimum absolute atomic E-state index is 0.00350. The minimum atomic E-state index is -0.526. The first-order chi connectivity index (χ1) is 9.90. The van der Waals surface area contributed by atoms with E-state index in [4.69, 9.17) is 5.73 Å². The Labute approximate surface area is 123 Å². The summed E-state index contributed by atoms with van der Waals surface area (Å²) in [5, 5.41) is 0. The fourth-order valence-corrected chi connectivity index (χ4v) is 2.56. The zero-order valence-corrected chi connectivity index (χ0v) is 12.4. The van der Waals surface area contributed by atoms with Crippen LogP contribution in [0.25, 0.3) is 0 Å². The molecule has 2 amide bonds. The topological polar surface area (TPSA) is 66.6 Å². The summed E-state index contributed by atoms with van der Waals surface area (Å²) in [6.45, 7) is 5.12. The molecule has 0 aromatic heterocycles. The van der Waals surface area contributed by atoms with Gasteiger partial charge in [0, 0.05) is 38.8 Å². The third kappa shape index (κ3) is 3.32. The molecule has 1 saturated heterocycles. The van der Waals surface area contributed by atoms with Gasteiger partial charge in [0.05, 0.1) is 5.56 Å². The van der Waals surface area contributed by atoms with Crippen molar-refractivity contribution in [1.82, 2.24) is 9.80 Å². The molecule has 2 rings (SSSR count). The van der Waals surface area contributed by atoms with Crippen LogP contribution in [-0.4, -0.2) is 47.8 Å². The predicted octanol–water partition coefficient (Wildman–Crippen LogP) is 1.41. The van der Waals surface area contributed by atoms with Gasteiger partial charge in [0.25, 0.3) is 5.91 Å². The van der Waals surface area contributed by atoms with Crippen LogP contribution in [0.5, 0.6) is 0 Å². The van der Waals surface area contributed by atoms with Crippen LogP contribution in [0.1, 0.15) is 29.3 Å². The highest BCUT2D eigenvalue weighted by molar-refractivity contribution is 5.95. The van der Waals surface area contributed by atoms with Gasteiger partial charge in [-0.2, -0.15) is 0 Å². The van der Waals surface area contributed by atoms with Crippen molar-refractivity contribution in [3.63, 3.8) is 0 Å². The number of amides is 2. The van der Waals surface area contributed by atoms with Crippen molar-refractivity contribution in [2.75, 3.05) is 31.9 Å². The molecule has 0 radical (unpaired) electrons. The highest BCUT2D eigenvalue weighted by atomic mass is 19.1. The van der Waals surface area contributed by atoms with Crippen molar-refractivity contribution in [3.05, 3.63) is 29.1 Å². The van der Waals surface area contributed by atoms with Crippen LogP contribution < -0.4 is 5.73 Å². The van der Waals surface area contributed by atoms with E-state index in [-0.39, 0.29) is 17.4 Å². The number of nitrogens with zero attached hydrogens (tertiary/aromatic N) is 2. The summed E-state index contributed by atoms with van der Waals surface area (Å²) in [4.78, 5) is 27.2. The van der Waals surface area contributed by atoms with Gasteiger partial charge in [-0.1, -0.05) is 0 Å². The summed E-state index contributed by atoms with van der Waals surface area (Å²) in [5.74, 6) is -0.898. The number of nitrogen functional groups attached to an aromatic ring is 1. The first kappa shape index (κ1) is 15.3. The molecule has 1 fully saturated rings. The molecule has 1 aromatic rings. The molecule has 2 N–H and O–H groups in total. The van der Waals surface area contributed by atoms with E-state index in [0.29, 0.717) is 43.9 Å². The molecule has 0 saturated carbocycles. The molecule has 5 nitrogen and oxygen atoms in total. The van der Waals surface area contributed by atoms with Gasteiger partial charge in [0.15, 0.2) is 0 Å². The van der Waals surface area contributed by atoms with E-state index in [2.05, 4.69) is 0 Å². The number of nitrogens with two attached hydrogens (primary N) is 1. The lowest BCUT2D eigenvalue weighted by Gasteiger charge is -2.22. The first-order valence-corrected chi connectivity index (χ1v) is 7.00. The number of carbonyl (C=O) groups is 2. The summed E-state index contributed by atoms with van der Waals surface area (Å²) in [5.41, 5.74) is 6.43. The molecular weight excluding hydrogens is 273 g/mol. The third-order valence-corrected chi connectivity index (χ3v) is 3.74. The summed E-state index contributed by atoms with van der Waals surface area (Å²) in [6.07, 6.45) is 0.689. The second-order valence-corrected chi connectivity index (χ2v) is 5.35. The molecular formula is C15H20FN3O2. The summed E-state index contributed by atoms with van der Waals surface area (Å²) >= 11 is 0. The Balaban J connectivity index is 2.19. The van der Waals surface area contributed by atoms with Gasteiger partial charge in [-0.25, -0.2) is 4.39 Å². The Hall–Kier alpha value is -2.11. The Morgan fingerprint density at radius 1 is 1.14 bits per heavy atom. The zero-order chi connectivity index (χ0) is 15.6. The lowest BCUT2D eigenvalue weighted by molar-refractivity contribution is -0.128. The molecule has 0 atom stereocenters. The van der Waals surface area contributed by atoms with Crippen molar-refractivity contribution in [3.8, 4) is 0 Å². The van der Waals surface area contributed by atoms with Crippen LogP contribution in [0.2, 0.25) is 0 Å². The average Bonchev–Trinajstić information content (AvgIpc) is 2.68. The summed E-state index contributed by atoms with van der Waals surface area (Å²) in [7, 11) is 0. The highest BCUT2D eigenvalue weighted by Gasteiger charge is 2.24. The molecule has 1 aromatic carbocycles. The minimum Gasteiger partial charge on any atom is -0.399 e. The summed E-state index contributed by atoms with van der Waals surface area (Å²) in [6, 6.07) is 2.88. The van der Waals surface area contributed by atoms with Crippen LogP contribution in [0.15, 0.2) is 12.1 Å². The number of benzene rings is 1. The molecule has 21 heavy (non-hydrogen) atoms. The van der Waals surface area contributed by atoms with Crippen LogP contribution in [0, 0.1) is 12.7 Å². The highest BCUT2D eigenvalue weighted by Crippen LogP contribution is 2.19. The number of rotatable bonds is 1. The number of anilines is 1. The quantitative estimate of drug-likeness (QED) is 0.796. The number of hydrogen-bond acceptors (Lipinski definition) is 3. The third-order valence-electron chi connectivity index (χ3n) is 3.74. The molecule has 1 aliphatic rings. The van der Waals surface area contributed by atoms with Gasteiger partial charge in [-0.15, -0.1) is 0 Å². The van der Waals surface area contributed by atoms with E-state index in [1.165, 1.54) is 19.1 Å². The van der Waals surface area contributed by atoms with Crippen molar-refractivity contribution < 1.29 is 14.0 Å². The van der Waals surface area contributed by atoms with Gasteiger partial charge in [-0.05, 0) is 31.0 Å². The van der Waals surface area contributed by atoms with Crippen LogP contribution in [0.3, 0.4) is 0 Å². The van der Waals surface area contributed by atoms with E-state index >= 15 is 0 Å². The maximum atomic E-state index is 14.1. The Bertz CT molecular complexity index is 574. The van der Waals surface area contributed by atoms with Crippen LogP contribution >= 0.6 is 0 Å². The van der Waals surface area contributed by atoms with E-state index in [1.54, 1.807) is 16.7 Å². The molecule has 114 valence electrons. The monoisotopic (exact) mass is 293 g/mol. The van der Waals surface area contributed by atoms with Crippen molar-refractivity contribution in [2.45, 2.75) is 20.3 Å². The number of halogens is 1. The molecule has 0 unspecified atom stereocenters. The van der Waals surface area contributed by atoms with E-state index < -0.39 is 5.82 Å². The van der Waals surface area contributed by atoms with Gasteiger partial charge in [0.2, 0.25) is 5.91 Å². The molecule has 0 aliphatic carbocycles. The predicted molar refractivity (Wildman–Crippen MR) is 78.3 cm³/mol. The molecule has 1 heterocycles. The molecule has 6 heteroatoms. The SMILES string of the molecule is CC(=O)N1CCCN(C(=O)c2cc(N)cc(C)c2F)CC1. The Morgan fingerprint density at radius 3 is 2.43 bits per heavy atom.